The minimum absolute atomic E-state index is 0.00604. The van der Waals surface area contributed by atoms with Crippen LogP contribution in [0.15, 0.2) is 48.8 Å². The zero-order chi connectivity index (χ0) is 63.9. The number of hydrogen-bond acceptors (Lipinski definition) is 19. The summed E-state index contributed by atoms with van der Waals surface area (Å²) in [5.41, 5.74) is 5.39. The lowest BCUT2D eigenvalue weighted by Gasteiger charge is -2.43. The number of unbranched alkanes of at least 4 members (excludes halogenated alkanes) is 2. The van der Waals surface area contributed by atoms with Crippen LogP contribution >= 0.6 is 0 Å². The maximum absolute atomic E-state index is 12.8. The van der Waals surface area contributed by atoms with Crippen molar-refractivity contribution in [3.05, 3.63) is 81.9 Å². The summed E-state index contributed by atoms with van der Waals surface area (Å²) < 4.78 is 111. The number of likely N-dealkylation sites (N-methyl/N-ethyl adjacent to an activating group) is 2. The highest BCUT2D eigenvalue weighted by atomic mass is 32.2. The molecule has 4 heterocycles. The number of nitrogens with zero attached hydrogens (tertiary/aromatic N) is 4. The van der Waals surface area contributed by atoms with Crippen molar-refractivity contribution >= 4 is 44.6 Å². The Morgan fingerprint density at radius 3 is 1.62 bits per heavy atom. The number of amides is 1. The number of imidazole rings is 1. The molecule has 1 aromatic heterocycles. The average Bonchev–Trinajstić information content (AvgIpc) is 1.45. The molecule has 3 aliphatic heterocycles. The largest absolute Gasteiger partial charge is 0.505 e. The Morgan fingerprint density at radius 1 is 0.618 bits per heavy atom. The maximum Gasteiger partial charge on any atom is 0.505 e. The number of allylic oxidation sites excluding steroid dienone is 1. The van der Waals surface area contributed by atoms with E-state index in [0.717, 1.165) is 82.3 Å². The summed E-state index contributed by atoms with van der Waals surface area (Å²) in [6.45, 7) is 26.8. The molecule has 0 saturated carbocycles. The Bertz CT molecular complexity index is 2980. The fraction of sp³-hybridized carbons (Fsp3) is 0.656. The van der Waals surface area contributed by atoms with Gasteiger partial charge in [0, 0.05) is 91.5 Å². The standard InChI is InChI=1S/C64H97N5O19S/c1-8-49-46-63(4,5)68(9-2)55-44-57-53(42-51(49)55)60(54-43-52-50(48-89(73,74)75)47-64(6,7)69(10-3)56(52)45-58(54)88-57)61-66-15-18-67(61)17-13-11-12-14-59(70)65-16-19-76-20-21-77-22-23-78-24-25-79-26-27-80-28-29-81-30-31-82-32-33-83-34-35-84-36-37-85-38-39-86-40-41-87-62(71)72/h15,18,42-47H,8-14,16-17,19-41,48H2,1-7H3,(H2-,65,70,71,72,73,74,75)/p+1. The van der Waals surface area contributed by atoms with Gasteiger partial charge in [0.2, 0.25) is 11.3 Å². The third kappa shape index (κ3) is 24.0. The number of ether oxygens (including phenoxy) is 13. The van der Waals surface area contributed by atoms with Crippen molar-refractivity contribution in [2.24, 2.45) is 0 Å². The number of benzene rings is 2. The van der Waals surface area contributed by atoms with E-state index in [0.29, 0.717) is 176 Å². The van der Waals surface area contributed by atoms with Gasteiger partial charge >= 0.3 is 6.16 Å². The quantitative estimate of drug-likeness (QED) is 0.0205. The van der Waals surface area contributed by atoms with Crippen LogP contribution < -0.4 is 30.1 Å². The van der Waals surface area contributed by atoms with E-state index in [2.05, 4.69) is 76.9 Å². The molecule has 0 spiro atoms. The van der Waals surface area contributed by atoms with Crippen molar-refractivity contribution in [1.29, 1.82) is 0 Å². The smallest absolute Gasteiger partial charge is 0.456 e. The van der Waals surface area contributed by atoms with Gasteiger partial charge in [-0.3, -0.25) is 9.35 Å². The number of rotatable bonds is 48. The van der Waals surface area contributed by atoms with Gasteiger partial charge in [0.25, 0.3) is 10.1 Å². The minimum Gasteiger partial charge on any atom is -0.456 e. The van der Waals surface area contributed by atoms with Crippen molar-refractivity contribution in [2.75, 3.05) is 182 Å². The number of carboxylic acid groups (broad SMARTS) is 1. The van der Waals surface area contributed by atoms with Gasteiger partial charge in [0.1, 0.15) is 36.2 Å². The Labute approximate surface area is 525 Å². The zero-order valence-electron chi connectivity index (χ0n) is 53.5. The molecule has 3 aliphatic rings. The molecule has 0 aliphatic carbocycles. The fourth-order valence-corrected chi connectivity index (χ4v) is 11.6. The molecule has 89 heavy (non-hydrogen) atoms. The van der Waals surface area contributed by atoms with Crippen molar-refractivity contribution in [3.8, 4) is 11.5 Å². The van der Waals surface area contributed by atoms with Crippen LogP contribution in [-0.4, -0.2) is 228 Å². The normalized spacial score (nSPS) is 14.8. The molecule has 0 saturated heterocycles. The predicted octanol–water partition coefficient (Wildman–Crippen LogP) is 5.78. The number of carbonyl (C=O) groups is 2. The third-order valence-electron chi connectivity index (χ3n) is 15.0. The summed E-state index contributed by atoms with van der Waals surface area (Å²) in [5, 5.41) is 13.3. The number of aromatic nitrogens is 2. The van der Waals surface area contributed by atoms with Gasteiger partial charge in [-0.1, -0.05) is 19.4 Å². The van der Waals surface area contributed by atoms with Gasteiger partial charge in [-0.25, -0.2) is 14.4 Å². The lowest BCUT2D eigenvalue weighted by atomic mass is 9.85. The number of nitrogens with one attached hydrogen (secondary N) is 1. The van der Waals surface area contributed by atoms with Crippen LogP contribution in [0.3, 0.4) is 0 Å². The van der Waals surface area contributed by atoms with Crippen molar-refractivity contribution in [3.63, 3.8) is 0 Å². The monoisotopic (exact) mass is 1270 g/mol. The first-order chi connectivity index (χ1) is 43.0. The Hall–Kier alpha value is -5.39. The van der Waals surface area contributed by atoms with Gasteiger partial charge < -0.3 is 81.5 Å². The van der Waals surface area contributed by atoms with E-state index in [9.17, 15) is 22.6 Å². The molecule has 3 N–H and O–H groups in total. The van der Waals surface area contributed by atoms with Crippen LogP contribution in [0.25, 0.3) is 16.7 Å². The second kappa shape index (κ2) is 38.5. The van der Waals surface area contributed by atoms with E-state index in [4.69, 9.17) is 66.9 Å². The van der Waals surface area contributed by atoms with Crippen LogP contribution in [0, 0.1) is 0 Å². The number of fused-ring (bicyclic) bond motifs is 4. The van der Waals surface area contributed by atoms with Crippen molar-refractivity contribution in [1.82, 2.24) is 19.4 Å². The van der Waals surface area contributed by atoms with Crippen LogP contribution in [0.4, 0.5) is 10.5 Å². The molecular weight excluding hydrogens is 1170 g/mol. The summed E-state index contributed by atoms with van der Waals surface area (Å²) >= 11 is 0. The van der Waals surface area contributed by atoms with Crippen LogP contribution in [0.2, 0.25) is 0 Å². The molecule has 3 aromatic rings. The second-order valence-corrected chi connectivity index (χ2v) is 23.8. The van der Waals surface area contributed by atoms with Gasteiger partial charge in [-0.2, -0.15) is 8.42 Å². The van der Waals surface area contributed by atoms with Crippen LogP contribution in [0.1, 0.15) is 103 Å². The van der Waals surface area contributed by atoms with Crippen LogP contribution in [-0.2, 0) is 78.3 Å². The highest BCUT2D eigenvalue weighted by Gasteiger charge is 2.38. The highest BCUT2D eigenvalue weighted by molar-refractivity contribution is 7.86. The fourth-order valence-electron chi connectivity index (χ4n) is 11.0. The van der Waals surface area contributed by atoms with E-state index >= 15 is 0 Å². The summed E-state index contributed by atoms with van der Waals surface area (Å²) in [7, 11) is -4.36. The lowest BCUT2D eigenvalue weighted by Crippen LogP contribution is -2.49. The van der Waals surface area contributed by atoms with E-state index in [1.165, 1.54) is 5.57 Å². The Kier molecular flexibility index (Phi) is 31.4. The Morgan fingerprint density at radius 2 is 1.13 bits per heavy atom. The topological polar surface area (TPSA) is 265 Å². The second-order valence-electron chi connectivity index (χ2n) is 22.4. The lowest BCUT2D eigenvalue weighted by molar-refractivity contribution is -0.121. The summed E-state index contributed by atoms with van der Waals surface area (Å²) in [4.78, 5) is 30.2. The molecule has 0 radical (unpaired) electrons. The maximum atomic E-state index is 12.8. The number of aryl methyl sites for hydroxylation is 1. The number of hydrogen-bond donors (Lipinski definition) is 3. The van der Waals surface area contributed by atoms with E-state index in [-0.39, 0.29) is 24.7 Å². The number of carbonyl (C=O) groups excluding carboxylic acids is 1. The molecule has 24 nitrogen and oxygen atoms in total. The highest BCUT2D eigenvalue weighted by Crippen LogP contribution is 2.47. The molecule has 0 atom stereocenters. The summed E-state index contributed by atoms with van der Waals surface area (Å²) in [6.07, 6.45) is 10.4. The third-order valence-corrected chi connectivity index (χ3v) is 15.7. The van der Waals surface area contributed by atoms with Crippen molar-refractivity contribution in [2.45, 2.75) is 98.2 Å². The number of anilines is 1. The molecule has 0 unspecified atom stereocenters. The minimum atomic E-state index is -4.36. The SMILES string of the molecule is CCC1=CC(C)(C)[N+](CC)=c2cc3c(cc21)=C(c1nccn1CCCCCC(=O)NCCOCCOCCOCCOCCOCCOCCOCCOCCOCCOCCOCCOC(=O)O)c1cc2c(cc1O3)N(CC)C(C)(C)C=C2CS(=O)(=O)O. The van der Waals surface area contributed by atoms with E-state index in [1.807, 2.05) is 44.4 Å². The van der Waals surface area contributed by atoms with E-state index < -0.39 is 27.6 Å². The molecular formula is C64H98N5O19S+. The van der Waals surface area contributed by atoms with E-state index in [1.54, 1.807) is 0 Å². The van der Waals surface area contributed by atoms with Gasteiger partial charge in [0.05, 0.1) is 157 Å². The predicted molar refractivity (Wildman–Crippen MR) is 336 cm³/mol. The molecule has 25 heteroatoms. The molecule has 0 bridgehead atoms. The first-order valence-corrected chi connectivity index (χ1v) is 32.9. The van der Waals surface area contributed by atoms with Crippen molar-refractivity contribution < 1.29 is 89.2 Å². The molecule has 1 amide bonds. The van der Waals surface area contributed by atoms with Gasteiger partial charge in [-0.15, -0.1) is 0 Å². The van der Waals surface area contributed by atoms with Crippen LogP contribution in [0.5, 0.6) is 11.5 Å². The first kappa shape index (κ1) is 72.7. The van der Waals surface area contributed by atoms with Gasteiger partial charge in [-0.05, 0) is 76.3 Å². The van der Waals surface area contributed by atoms with Gasteiger partial charge in [0.15, 0.2) is 5.54 Å². The summed E-state index contributed by atoms with van der Waals surface area (Å²) in [5.74, 6) is 1.58. The molecule has 498 valence electrons. The average molecular weight is 1270 g/mol. The first-order valence-electron chi connectivity index (χ1n) is 31.3. The molecule has 6 rings (SSSR count). The Balaban J connectivity index is 0.796. The summed E-state index contributed by atoms with van der Waals surface area (Å²) in [6, 6.07) is 8.44. The molecule has 0 fully saturated rings. The zero-order valence-corrected chi connectivity index (χ0v) is 54.3. The molecule has 2 aromatic carbocycles.